The SMILES string of the molecule is C=C1N(c2ccc(F)cc2)c2ccc(C(=O)C[C@]3(C)CCS(=O)(=O)C3)cc2N1c1ccc(F)cc1.C=C1N(c2cccc(OC(F)F)c2)c2ccc(C(=O)CC3(C)CS(=O)(=O)C3)cc2N1c1ccc(F)cc1.C=C1N(c2cccc(OC(F)F)c2)c2ccc(C(=O)C[C@]3(C)CCS(=O)(=O)C3)cc2N1c1ccc(F)cc1. The molecule has 0 aliphatic carbocycles. The van der Waals surface area contributed by atoms with Crippen molar-refractivity contribution in [3.63, 3.8) is 0 Å². The van der Waals surface area contributed by atoms with Crippen LogP contribution < -0.4 is 38.9 Å². The maximum Gasteiger partial charge on any atom is 0.387 e. The zero-order valence-corrected chi connectivity index (χ0v) is 62.0. The monoisotopic (exact) mass is 1560 g/mol. The topological polar surface area (TPSA) is 192 Å². The second kappa shape index (κ2) is 29.7. The number of Topliss-reactive ketones (excluding diaryl/α,β-unsaturated/α-hetero) is 3. The van der Waals surface area contributed by atoms with Crippen molar-refractivity contribution in [3.8, 4) is 11.5 Å². The molecule has 0 N–H and O–H groups in total. The zero-order valence-electron chi connectivity index (χ0n) is 59.5. The predicted octanol–water partition coefficient (Wildman–Crippen LogP) is 18.9. The number of halogens is 8. The van der Waals surface area contributed by atoms with E-state index in [0.29, 0.717) is 110 Å². The van der Waals surface area contributed by atoms with Gasteiger partial charge in [-0.3, -0.25) is 43.8 Å². The fourth-order valence-corrected chi connectivity index (χ4v) is 21.8. The van der Waals surface area contributed by atoms with Crippen LogP contribution in [-0.4, -0.2) is 90.3 Å². The summed E-state index contributed by atoms with van der Waals surface area (Å²) in [5, 5.41) is 0. The molecule has 9 aromatic carbocycles. The lowest BCUT2D eigenvalue weighted by Gasteiger charge is -2.37. The van der Waals surface area contributed by atoms with Crippen LogP contribution in [0.25, 0.3) is 0 Å². The lowest BCUT2D eigenvalue weighted by Crippen LogP contribution is -2.47. The Morgan fingerprint density at radius 3 is 0.882 bits per heavy atom. The number of ketones is 3. The van der Waals surface area contributed by atoms with E-state index in [4.69, 9.17) is 0 Å². The van der Waals surface area contributed by atoms with Crippen LogP contribution in [0.3, 0.4) is 0 Å². The van der Waals surface area contributed by atoms with Crippen molar-refractivity contribution in [1.82, 2.24) is 0 Å². The first-order valence-electron chi connectivity index (χ1n) is 34.6. The molecule has 0 spiro atoms. The molecule has 570 valence electrons. The molecular formula is C82H72F8N6O11S3. The molecule has 3 fully saturated rings. The van der Waals surface area contributed by atoms with Gasteiger partial charge < -0.3 is 9.47 Å². The minimum absolute atomic E-state index is 0.00748. The third kappa shape index (κ3) is 16.4. The Hall–Kier alpha value is -11.1. The molecule has 2 atom stereocenters. The second-order valence-electron chi connectivity index (χ2n) is 29.0. The molecule has 28 heteroatoms. The first-order valence-corrected chi connectivity index (χ1v) is 40.0. The molecule has 110 heavy (non-hydrogen) atoms. The number of fused-ring (bicyclic) bond motifs is 3. The number of alkyl halides is 4. The Labute approximate surface area is 630 Å². The van der Waals surface area contributed by atoms with Crippen LogP contribution in [0.15, 0.2) is 237 Å². The molecule has 3 saturated heterocycles. The van der Waals surface area contributed by atoms with Crippen LogP contribution in [0.4, 0.5) is 103 Å². The molecule has 0 aromatic heterocycles. The molecular weight excluding hydrogens is 1490 g/mol. The molecule has 0 unspecified atom stereocenters. The zero-order chi connectivity index (χ0) is 78.7. The molecule has 0 amide bonds. The van der Waals surface area contributed by atoms with Gasteiger partial charge in [-0.15, -0.1) is 0 Å². The van der Waals surface area contributed by atoms with Gasteiger partial charge in [-0.2, -0.15) is 17.6 Å². The number of hydrogen-bond acceptors (Lipinski definition) is 17. The Morgan fingerprint density at radius 2 is 0.618 bits per heavy atom. The summed E-state index contributed by atoms with van der Waals surface area (Å²) < 4.78 is 186. The average Bonchev–Trinajstić information content (AvgIpc) is 1.54. The largest absolute Gasteiger partial charge is 0.435 e. The fraction of sp³-hybridized carbons (Fsp3) is 0.232. The average molecular weight is 1570 g/mol. The van der Waals surface area contributed by atoms with Crippen molar-refractivity contribution in [2.24, 2.45) is 16.2 Å². The summed E-state index contributed by atoms with van der Waals surface area (Å²) in [4.78, 5) is 50.3. The molecule has 6 heterocycles. The van der Waals surface area contributed by atoms with Crippen LogP contribution in [0.1, 0.15) is 83.9 Å². The maximum absolute atomic E-state index is 13.7. The van der Waals surface area contributed by atoms with Crippen LogP contribution >= 0.6 is 0 Å². The Morgan fingerprint density at radius 1 is 0.355 bits per heavy atom. The Kier molecular flexibility index (Phi) is 20.8. The number of nitrogens with zero attached hydrogens (tertiary/aromatic N) is 6. The molecule has 0 saturated carbocycles. The van der Waals surface area contributed by atoms with Crippen molar-refractivity contribution >= 4 is 115 Å². The van der Waals surface area contributed by atoms with E-state index >= 15 is 0 Å². The van der Waals surface area contributed by atoms with Crippen molar-refractivity contribution in [3.05, 3.63) is 277 Å². The van der Waals surface area contributed by atoms with E-state index in [0.717, 1.165) is 5.69 Å². The minimum atomic E-state index is -3.16. The molecule has 0 bridgehead atoms. The van der Waals surface area contributed by atoms with Crippen LogP contribution in [0.2, 0.25) is 0 Å². The molecule has 6 aliphatic rings. The van der Waals surface area contributed by atoms with Gasteiger partial charge in [-0.05, 0) is 200 Å². The van der Waals surface area contributed by atoms with Gasteiger partial charge in [-0.1, -0.05) is 52.6 Å². The first-order chi connectivity index (χ1) is 51.9. The maximum atomic E-state index is 13.7. The van der Waals surface area contributed by atoms with Gasteiger partial charge in [0, 0.05) is 76.3 Å². The second-order valence-corrected chi connectivity index (χ2v) is 35.4. The summed E-state index contributed by atoms with van der Waals surface area (Å²) in [7, 11) is -9.38. The van der Waals surface area contributed by atoms with Crippen LogP contribution in [0.5, 0.6) is 11.5 Å². The summed E-state index contributed by atoms with van der Waals surface area (Å²) in [5.41, 5.74) is 6.72. The normalized spacial score (nSPS) is 19.5. The van der Waals surface area contributed by atoms with Gasteiger partial charge in [-0.25, -0.2) is 42.8 Å². The van der Waals surface area contributed by atoms with E-state index in [-0.39, 0.29) is 94.3 Å². The molecule has 0 radical (unpaired) electrons. The number of sulfone groups is 3. The highest BCUT2D eigenvalue weighted by Crippen LogP contribution is 2.54. The number of carbonyl (C=O) groups excluding carboxylic acids is 3. The van der Waals surface area contributed by atoms with Crippen molar-refractivity contribution in [2.75, 3.05) is 63.9 Å². The van der Waals surface area contributed by atoms with Gasteiger partial charge >= 0.3 is 13.2 Å². The standard InChI is InChI=1S/C28H25F3N2O4S.C27H23F3N2O4S.C27H24F2N2O3S/c1-18-32(21-9-7-20(29)8-10-21)25-14-19(26(34)16-28(2)12-13-38(35,36)17-28)6-11-24(25)33(18)22-4-3-5-23(15-22)37-27(30)31;1-17-31(20-9-7-19(28)8-10-20)24-12-18(25(33)14-27(2)15-37(34,35)16-27)6-11-23(24)32(17)21-4-3-5-22(13-21)36-26(29)30;1-18-30(22-8-4-20(28)5-9-22)24-12-3-19(26(32)16-27(2)13-14-35(33,34)17-27)15-25(24)31(18)23-10-6-21(29)7-11-23/h3-11,14-15,27H,1,12-13,16-17H2,2H3;3-13,26H,1,14-16H2,2H3;3-12,15H,1,13-14,16-17H2,2H3/t28-;;27-/m0.0/s1. The van der Waals surface area contributed by atoms with Crippen molar-refractivity contribution < 1.29 is 84.2 Å². The number of anilines is 12. The molecule has 9 aromatic rings. The third-order valence-electron chi connectivity index (χ3n) is 19.9. The quantitative estimate of drug-likeness (QED) is 0.0548. The lowest BCUT2D eigenvalue weighted by molar-refractivity contribution is -0.0505. The summed E-state index contributed by atoms with van der Waals surface area (Å²) in [5.74, 6) is -0.677. The fourth-order valence-electron chi connectivity index (χ4n) is 15.0. The van der Waals surface area contributed by atoms with Crippen molar-refractivity contribution in [2.45, 2.75) is 66.1 Å². The van der Waals surface area contributed by atoms with E-state index in [1.54, 1.807) is 154 Å². The van der Waals surface area contributed by atoms with Gasteiger partial charge in [0.15, 0.2) is 46.9 Å². The molecule has 6 aliphatic heterocycles. The van der Waals surface area contributed by atoms with E-state index in [2.05, 4.69) is 29.2 Å². The first kappa shape index (κ1) is 77.1. The van der Waals surface area contributed by atoms with E-state index in [9.17, 15) is 74.8 Å². The summed E-state index contributed by atoms with van der Waals surface area (Å²) in [6, 6.07) is 51.1. The Balaban J connectivity index is 0.000000145. The summed E-state index contributed by atoms with van der Waals surface area (Å²) >= 11 is 0. The number of rotatable bonds is 19. The van der Waals surface area contributed by atoms with E-state index in [1.807, 2.05) is 23.6 Å². The van der Waals surface area contributed by atoms with Gasteiger partial charge in [0.05, 0.1) is 80.0 Å². The highest BCUT2D eigenvalue weighted by atomic mass is 32.2. The minimum Gasteiger partial charge on any atom is -0.435 e. The highest BCUT2D eigenvalue weighted by Gasteiger charge is 2.47. The number of carbonyl (C=O) groups is 3. The predicted molar refractivity (Wildman–Crippen MR) is 408 cm³/mol. The number of ether oxygens (including phenoxy) is 2. The summed E-state index contributed by atoms with van der Waals surface area (Å²) in [6.07, 6.45) is 1.18. The van der Waals surface area contributed by atoms with Crippen molar-refractivity contribution in [1.29, 1.82) is 0 Å². The van der Waals surface area contributed by atoms with E-state index in [1.165, 1.54) is 72.8 Å². The van der Waals surface area contributed by atoms with Crippen LogP contribution in [-0.2, 0) is 29.5 Å². The van der Waals surface area contributed by atoms with Crippen LogP contribution in [0, 0.1) is 39.5 Å². The highest BCUT2D eigenvalue weighted by molar-refractivity contribution is 7.93. The van der Waals surface area contributed by atoms with Gasteiger partial charge in [0.2, 0.25) is 0 Å². The smallest absolute Gasteiger partial charge is 0.387 e. The summed E-state index contributed by atoms with van der Waals surface area (Å²) in [6.45, 7) is 12.1. The van der Waals surface area contributed by atoms with Gasteiger partial charge in [0.1, 0.15) is 52.2 Å². The number of hydrogen-bond donors (Lipinski definition) is 0. The number of benzene rings is 9. The third-order valence-corrected chi connectivity index (χ3v) is 26.1. The van der Waals surface area contributed by atoms with Gasteiger partial charge in [0.25, 0.3) is 0 Å². The molecule has 17 nitrogen and oxygen atoms in total. The lowest BCUT2D eigenvalue weighted by atomic mass is 9.83. The molecule has 15 rings (SSSR count). The Bertz CT molecular complexity index is 5540. The van der Waals surface area contributed by atoms with E-state index < -0.39 is 70.6 Å².